The molecule has 0 saturated carbocycles. The average molecular weight is 832 g/mol. The zero-order chi connectivity index (χ0) is 42.8. The molecular weight excluding hydrogens is 779 g/mol. The second kappa shape index (κ2) is 23.0. The number of urea groups is 1. The summed E-state index contributed by atoms with van der Waals surface area (Å²) in [4.78, 5) is 93.1. The number of hydrogen-bond acceptors (Lipinski definition) is 10. The van der Waals surface area contributed by atoms with E-state index in [0.717, 1.165) is 0 Å². The molecule has 318 valence electrons. The van der Waals surface area contributed by atoms with Crippen LogP contribution in [0.2, 0.25) is 0 Å². The van der Waals surface area contributed by atoms with Crippen molar-refractivity contribution in [1.29, 1.82) is 0 Å². The van der Waals surface area contributed by atoms with E-state index in [9.17, 15) is 47.1 Å². The Morgan fingerprint density at radius 2 is 1.36 bits per heavy atom. The molecule has 0 aliphatic carbocycles. The Hall–Kier alpha value is -5.60. The number of nitrogens with zero attached hydrogens (tertiary/aromatic N) is 1. The number of carboxylic acids is 1. The van der Waals surface area contributed by atoms with Gasteiger partial charge < -0.3 is 42.3 Å². The quantitative estimate of drug-likeness (QED) is 0.0550. The number of aliphatic carboxylic acids is 1. The first-order valence-corrected chi connectivity index (χ1v) is 20.3. The maximum atomic E-state index is 14.1. The van der Waals surface area contributed by atoms with Gasteiger partial charge >= 0.3 is 22.4 Å². The van der Waals surface area contributed by atoms with Crippen LogP contribution in [0.25, 0.3) is 0 Å². The number of carbonyl (C=O) groups is 7. The van der Waals surface area contributed by atoms with Gasteiger partial charge in [-0.05, 0) is 49.1 Å². The van der Waals surface area contributed by atoms with Gasteiger partial charge in [0.25, 0.3) is 0 Å². The number of carbonyl (C=O) groups excluding carboxylic acids is 6. The van der Waals surface area contributed by atoms with Crippen LogP contribution in [0.3, 0.4) is 0 Å². The van der Waals surface area contributed by atoms with Crippen molar-refractivity contribution in [3.8, 4) is 0 Å². The van der Waals surface area contributed by atoms with Gasteiger partial charge in [-0.3, -0.25) is 33.3 Å². The second-order valence-corrected chi connectivity index (χ2v) is 15.4. The number of primary amides is 1. The van der Waals surface area contributed by atoms with E-state index in [1.807, 2.05) is 13.8 Å². The molecule has 1 aliphatic rings. The lowest BCUT2D eigenvalue weighted by Gasteiger charge is -2.31. The summed E-state index contributed by atoms with van der Waals surface area (Å²) >= 11 is 0. The van der Waals surface area contributed by atoms with E-state index in [1.54, 1.807) is 60.7 Å². The number of nitrogens with one attached hydrogen (secondary N) is 5. The number of carboxylic acid groups (broad SMARTS) is 1. The van der Waals surface area contributed by atoms with Crippen molar-refractivity contribution >= 4 is 51.9 Å². The predicted octanol–water partition coefficient (Wildman–Crippen LogP) is 0.191. The van der Waals surface area contributed by atoms with Crippen molar-refractivity contribution in [2.24, 2.45) is 11.7 Å². The molecule has 5 atom stereocenters. The highest BCUT2D eigenvalue weighted by molar-refractivity contribution is 7.80. The van der Waals surface area contributed by atoms with Crippen molar-refractivity contribution in [3.05, 3.63) is 71.8 Å². The monoisotopic (exact) mass is 831 g/mol. The van der Waals surface area contributed by atoms with Gasteiger partial charge in [0.15, 0.2) is 0 Å². The Bertz CT molecular complexity index is 1830. The molecular formula is C38H53N7O12S. The molecule has 0 bridgehead atoms. The number of amides is 7. The van der Waals surface area contributed by atoms with Gasteiger partial charge in [0.2, 0.25) is 29.5 Å². The summed E-state index contributed by atoms with van der Waals surface area (Å²) in [6.45, 7) is 3.77. The van der Waals surface area contributed by atoms with Gasteiger partial charge in [-0.25, -0.2) is 8.98 Å². The van der Waals surface area contributed by atoms with Crippen molar-refractivity contribution < 1.29 is 55.8 Å². The molecule has 0 radical (unpaired) electrons. The lowest BCUT2D eigenvalue weighted by atomic mass is 10.0. The molecule has 3 rings (SSSR count). The van der Waals surface area contributed by atoms with Crippen molar-refractivity contribution in [3.63, 3.8) is 0 Å². The van der Waals surface area contributed by atoms with Crippen molar-refractivity contribution in [2.45, 2.75) is 95.4 Å². The highest BCUT2D eigenvalue weighted by atomic mass is 32.3. The van der Waals surface area contributed by atoms with Crippen LogP contribution < -0.4 is 32.3 Å². The molecule has 9 N–H and O–H groups in total. The summed E-state index contributed by atoms with van der Waals surface area (Å²) in [7, 11) is -4.57. The molecule has 1 saturated heterocycles. The topological polar surface area (TPSA) is 293 Å². The van der Waals surface area contributed by atoms with E-state index in [0.29, 0.717) is 24.0 Å². The fourth-order valence-electron chi connectivity index (χ4n) is 6.33. The van der Waals surface area contributed by atoms with Gasteiger partial charge in [-0.2, -0.15) is 8.42 Å². The van der Waals surface area contributed by atoms with E-state index >= 15 is 0 Å². The van der Waals surface area contributed by atoms with Gasteiger partial charge in [-0.1, -0.05) is 74.5 Å². The third kappa shape index (κ3) is 16.5. The Morgan fingerprint density at radius 3 is 1.88 bits per heavy atom. The lowest BCUT2D eigenvalue weighted by molar-refractivity contribution is -0.141. The second-order valence-electron chi connectivity index (χ2n) is 14.3. The van der Waals surface area contributed by atoms with E-state index in [-0.39, 0.29) is 57.7 Å². The first-order chi connectivity index (χ1) is 27.4. The summed E-state index contributed by atoms with van der Waals surface area (Å²) in [5.41, 5.74) is 6.65. The predicted molar refractivity (Wildman–Crippen MR) is 209 cm³/mol. The number of likely N-dealkylation sites (tertiary alicyclic amines) is 1. The normalized spacial score (nSPS) is 16.0. The molecule has 2 aromatic rings. The molecule has 1 fully saturated rings. The fraction of sp³-hybridized carbons (Fsp3) is 0.500. The van der Waals surface area contributed by atoms with Gasteiger partial charge in [0.1, 0.15) is 30.2 Å². The third-order valence-corrected chi connectivity index (χ3v) is 9.57. The van der Waals surface area contributed by atoms with Crippen LogP contribution >= 0.6 is 0 Å². The maximum Gasteiger partial charge on any atom is 0.397 e. The minimum Gasteiger partial charge on any atom is -0.481 e. The Balaban J connectivity index is 1.79. The zero-order valence-electron chi connectivity index (χ0n) is 32.4. The Morgan fingerprint density at radius 1 is 0.810 bits per heavy atom. The van der Waals surface area contributed by atoms with Crippen molar-refractivity contribution in [1.82, 2.24) is 31.5 Å². The highest BCUT2D eigenvalue weighted by Gasteiger charge is 2.39. The van der Waals surface area contributed by atoms with Crippen LogP contribution in [0.15, 0.2) is 60.7 Å². The molecule has 1 heterocycles. The van der Waals surface area contributed by atoms with Crippen LogP contribution in [-0.2, 0) is 56.2 Å². The molecule has 1 aliphatic heterocycles. The first kappa shape index (κ1) is 46.8. The van der Waals surface area contributed by atoms with E-state index in [4.69, 9.17) is 10.3 Å². The summed E-state index contributed by atoms with van der Waals surface area (Å²) in [5.74, 6) is -5.29. The molecule has 20 heteroatoms. The fourth-order valence-corrected chi connectivity index (χ4v) is 6.66. The largest absolute Gasteiger partial charge is 0.481 e. The molecule has 0 aromatic heterocycles. The van der Waals surface area contributed by atoms with Crippen LogP contribution in [0, 0.1) is 5.92 Å². The van der Waals surface area contributed by atoms with Crippen LogP contribution in [0.5, 0.6) is 0 Å². The molecule has 19 nitrogen and oxygen atoms in total. The number of hydrogen-bond donors (Lipinski definition) is 8. The van der Waals surface area contributed by atoms with E-state index in [1.165, 1.54) is 4.90 Å². The standard InChI is InChI=1S/C38H53N7O12S/c1-24(2)20-30(44-38(53)40-17-9-10-19-57-58(54,55)56)37(52)45-18-11-16-31(45)36(51)43-29(22-26-14-7-4-8-15-26)35(50)42-28(21-25-12-5-3-6-13-25)34(49)41-27(33(39)48)23-32(46)47/h3-8,12-15,24,27-31H,9-11,16-23H2,1-2H3,(H2,39,48)(H,41,49)(H,42,50)(H,43,51)(H,46,47)(H2,40,44,53)(H,54,55,56)/t27-,28-,29-,30-,31-/m0/s1. The Kier molecular flexibility index (Phi) is 18.5. The average Bonchev–Trinajstić information content (AvgIpc) is 3.65. The third-order valence-electron chi connectivity index (χ3n) is 9.11. The highest BCUT2D eigenvalue weighted by Crippen LogP contribution is 2.21. The SMILES string of the molecule is CC(C)C[C@H](NC(=O)NCCCCOS(=O)(=O)O)C(=O)N1CCC[C@H]1C(=O)N[C@@H](Cc1ccccc1)C(=O)N[C@@H](Cc1ccccc1)C(=O)N[C@@H](CC(=O)O)C(N)=O. The number of benzene rings is 2. The zero-order valence-corrected chi connectivity index (χ0v) is 33.2. The van der Waals surface area contributed by atoms with Crippen LogP contribution in [-0.4, -0.2) is 114 Å². The number of nitrogens with two attached hydrogens (primary N) is 1. The summed E-state index contributed by atoms with van der Waals surface area (Å²) in [6, 6.07) is 10.6. The molecule has 2 aromatic carbocycles. The van der Waals surface area contributed by atoms with Gasteiger partial charge in [-0.15, -0.1) is 0 Å². The molecule has 0 spiro atoms. The first-order valence-electron chi connectivity index (χ1n) is 18.9. The van der Waals surface area contributed by atoms with Gasteiger partial charge in [0, 0.05) is 25.9 Å². The summed E-state index contributed by atoms with van der Waals surface area (Å²) in [5, 5.41) is 22.3. The van der Waals surface area contributed by atoms with Gasteiger partial charge in [0.05, 0.1) is 13.0 Å². The minimum atomic E-state index is -4.57. The van der Waals surface area contributed by atoms with E-state index in [2.05, 4.69) is 30.8 Å². The molecule has 7 amide bonds. The number of unbranched alkanes of at least 4 members (excludes halogenated alkanes) is 1. The minimum absolute atomic E-state index is 0.0126. The lowest BCUT2D eigenvalue weighted by Crippen LogP contribution is -2.59. The van der Waals surface area contributed by atoms with Crippen LogP contribution in [0.1, 0.15) is 63.5 Å². The smallest absolute Gasteiger partial charge is 0.397 e. The van der Waals surface area contributed by atoms with E-state index < -0.39 is 88.6 Å². The van der Waals surface area contributed by atoms with Crippen LogP contribution in [0.4, 0.5) is 4.79 Å². The molecule has 0 unspecified atom stereocenters. The summed E-state index contributed by atoms with van der Waals surface area (Å²) in [6.07, 6.45) is 0.636. The number of rotatable bonds is 23. The van der Waals surface area contributed by atoms with Crippen molar-refractivity contribution in [2.75, 3.05) is 19.7 Å². The maximum absolute atomic E-state index is 14.1. The Labute approximate surface area is 337 Å². The summed E-state index contributed by atoms with van der Waals surface area (Å²) < 4.78 is 34.3. The molecule has 58 heavy (non-hydrogen) atoms.